The molecule has 16 heavy (non-hydrogen) atoms. The lowest BCUT2D eigenvalue weighted by molar-refractivity contribution is -0.889. The summed E-state index contributed by atoms with van der Waals surface area (Å²) in [5, 5.41) is 14.2. The summed E-state index contributed by atoms with van der Waals surface area (Å²) in [5.74, 6) is 0. The van der Waals surface area contributed by atoms with Crippen LogP contribution in [0.25, 0.3) is 0 Å². The van der Waals surface area contributed by atoms with Crippen molar-refractivity contribution in [3.8, 4) is 12.4 Å². The Hall–Kier alpha value is -2.67. The minimum Gasteiger partial charge on any atom is -0.337 e. The number of nitrogens with zero attached hydrogens (tertiary/aromatic N) is 4. The number of hydrogen-bond acceptors (Lipinski definition) is 5. The van der Waals surface area contributed by atoms with Crippen molar-refractivity contribution in [2.24, 2.45) is 18.5 Å². The van der Waals surface area contributed by atoms with E-state index in [2.05, 4.69) is 18.0 Å². The van der Waals surface area contributed by atoms with E-state index in [1.54, 1.807) is 10.8 Å². The van der Waals surface area contributed by atoms with E-state index in [0.717, 1.165) is 0 Å². The first kappa shape index (κ1) is 15.8. The third-order valence-corrected chi connectivity index (χ3v) is 1.09. The van der Waals surface area contributed by atoms with Gasteiger partial charge in [0.1, 0.15) is 6.20 Å². The van der Waals surface area contributed by atoms with E-state index in [9.17, 15) is 0 Å². The summed E-state index contributed by atoms with van der Waals surface area (Å²) >= 11 is 0. The first-order valence-corrected chi connectivity index (χ1v) is 4.13. The first-order valence-electron chi connectivity index (χ1n) is 4.13. The number of nitriles is 2. The lowest BCUT2D eigenvalue weighted by Crippen LogP contribution is -2.40. The summed E-state index contributed by atoms with van der Waals surface area (Å²) in [6, 6.07) is 0. The molecule has 1 rings (SSSR count). The van der Waals surface area contributed by atoms with Crippen LogP contribution in [0.3, 0.4) is 0 Å². The second-order valence-electron chi connectivity index (χ2n) is 2.28. The Morgan fingerprint density at radius 3 is 2.31 bits per heavy atom. The van der Waals surface area contributed by atoms with Crippen molar-refractivity contribution in [1.29, 1.82) is 10.5 Å². The van der Waals surface area contributed by atoms with Crippen LogP contribution < -0.4 is 21.0 Å². The molecule has 0 unspecified atom stereocenters. The Bertz CT molecular complexity index is 347. The van der Waals surface area contributed by atoms with E-state index in [-0.39, 0.29) is 0 Å². The van der Waals surface area contributed by atoms with Gasteiger partial charge in [0.2, 0.25) is 0 Å². The monoisotopic (exact) mass is 223 g/mol. The average Bonchev–Trinajstić information content (AvgIpc) is 2.64. The molecule has 1 aromatic rings. The van der Waals surface area contributed by atoms with E-state index in [1.807, 2.05) is 30.3 Å². The van der Waals surface area contributed by atoms with Crippen molar-refractivity contribution < 1.29 is 9.57 Å². The summed E-state index contributed by atoms with van der Waals surface area (Å²) in [5.41, 5.74) is 8.31. The van der Waals surface area contributed by atoms with Crippen LogP contribution in [0.15, 0.2) is 31.4 Å². The highest BCUT2D eigenvalue weighted by Crippen LogP contribution is 1.73. The van der Waals surface area contributed by atoms with Crippen molar-refractivity contribution in [3.05, 3.63) is 31.4 Å². The quantitative estimate of drug-likeness (QED) is 0.288. The van der Waals surface area contributed by atoms with Crippen molar-refractivity contribution in [3.63, 3.8) is 0 Å². The van der Waals surface area contributed by atoms with Gasteiger partial charge in [-0.05, 0) is 6.08 Å². The fourth-order valence-corrected chi connectivity index (χ4v) is 0.642. The fraction of sp³-hybridized carbons (Fsp3) is 0.222. The first-order chi connectivity index (χ1) is 7.65. The molecular weight excluding hydrogens is 208 g/mol. The third kappa shape index (κ3) is 11.3. The molecular formula is C9H15N6O+. The maximum atomic E-state index is 7.10. The molecule has 0 aliphatic rings. The predicted octanol–water partition coefficient (Wildman–Crippen LogP) is -1.22. The maximum absolute atomic E-state index is 7.10. The van der Waals surface area contributed by atoms with Crippen LogP contribution in [0.5, 0.6) is 0 Å². The summed E-state index contributed by atoms with van der Waals surface area (Å²) in [7, 11) is 1.94. The molecule has 7 heteroatoms. The molecule has 0 atom stereocenters. The van der Waals surface area contributed by atoms with Crippen molar-refractivity contribution in [1.82, 2.24) is 4.57 Å². The minimum absolute atomic E-state index is 0.536. The molecule has 0 amide bonds. The molecule has 1 heterocycles. The van der Waals surface area contributed by atoms with Gasteiger partial charge in [-0.2, -0.15) is 10.5 Å². The van der Waals surface area contributed by atoms with Crippen molar-refractivity contribution >= 4 is 0 Å². The van der Waals surface area contributed by atoms with Gasteiger partial charge in [-0.3, -0.25) is 0 Å². The molecule has 86 valence electrons. The van der Waals surface area contributed by atoms with Gasteiger partial charge in [0.25, 0.3) is 6.33 Å². The minimum atomic E-state index is 0.536. The van der Waals surface area contributed by atoms with Crippen LogP contribution in [0, 0.1) is 22.9 Å². The van der Waals surface area contributed by atoms with E-state index in [0.29, 0.717) is 6.61 Å². The molecule has 0 aliphatic heterocycles. The van der Waals surface area contributed by atoms with Gasteiger partial charge in [-0.1, -0.05) is 11.3 Å². The Morgan fingerprint density at radius 2 is 2.00 bits per heavy atom. The van der Waals surface area contributed by atoms with E-state index in [1.165, 1.54) is 12.4 Å². The normalized spacial score (nSPS) is 6.69. The van der Waals surface area contributed by atoms with Gasteiger partial charge in [0.05, 0.1) is 7.05 Å². The second kappa shape index (κ2) is 12.3. The predicted molar refractivity (Wildman–Crippen MR) is 56.9 cm³/mol. The number of nitrogens with two attached hydrogens (primary N) is 2. The van der Waals surface area contributed by atoms with Crippen LogP contribution in [-0.4, -0.2) is 11.2 Å². The number of aromatic nitrogens is 2. The maximum Gasteiger partial charge on any atom is 0.284 e. The third-order valence-electron chi connectivity index (χ3n) is 1.09. The Labute approximate surface area is 94.3 Å². The fourth-order valence-electron chi connectivity index (χ4n) is 0.642. The highest BCUT2D eigenvalue weighted by atomic mass is 16.7. The number of imidazole rings is 1. The molecule has 7 nitrogen and oxygen atoms in total. The zero-order valence-electron chi connectivity index (χ0n) is 9.08. The van der Waals surface area contributed by atoms with E-state index < -0.39 is 0 Å². The number of rotatable bonds is 3. The summed E-state index contributed by atoms with van der Waals surface area (Å²) in [6.07, 6.45) is 9.79. The van der Waals surface area contributed by atoms with Crippen LogP contribution in [-0.2, 0) is 7.05 Å². The lowest BCUT2D eigenvalue weighted by Gasteiger charge is -1.91. The van der Waals surface area contributed by atoms with Crippen molar-refractivity contribution in [2.45, 2.75) is 0 Å². The van der Waals surface area contributed by atoms with Gasteiger partial charge < -0.3 is 16.3 Å². The second-order valence-corrected chi connectivity index (χ2v) is 2.28. The van der Waals surface area contributed by atoms with Gasteiger partial charge >= 0.3 is 0 Å². The molecule has 0 radical (unpaired) electrons. The molecule has 0 saturated carbocycles. The molecule has 0 saturated heterocycles. The number of aryl methyl sites for hydroxylation is 1. The lowest BCUT2D eigenvalue weighted by atomic mass is 10.7. The molecule has 0 aromatic carbocycles. The van der Waals surface area contributed by atoms with Crippen LogP contribution >= 0.6 is 0 Å². The van der Waals surface area contributed by atoms with Gasteiger partial charge in [0.15, 0.2) is 25.2 Å². The SMILES string of the molecule is C=CCO[n+]1ccn(C)c1.N#CN.N#CN. The zero-order chi connectivity index (χ0) is 12.8. The summed E-state index contributed by atoms with van der Waals surface area (Å²) < 4.78 is 3.55. The summed E-state index contributed by atoms with van der Waals surface area (Å²) in [4.78, 5) is 5.15. The molecule has 0 fully saturated rings. The molecule has 1 aromatic heterocycles. The van der Waals surface area contributed by atoms with Crippen LogP contribution in [0.2, 0.25) is 0 Å². The largest absolute Gasteiger partial charge is 0.337 e. The van der Waals surface area contributed by atoms with Gasteiger partial charge in [-0.25, -0.2) is 4.57 Å². The Balaban J connectivity index is 0. The van der Waals surface area contributed by atoms with Crippen LogP contribution in [0.1, 0.15) is 0 Å². The van der Waals surface area contributed by atoms with Crippen molar-refractivity contribution in [2.75, 3.05) is 6.61 Å². The average molecular weight is 223 g/mol. The molecule has 0 spiro atoms. The topological polar surface area (TPSA) is 118 Å². The highest BCUT2D eigenvalue weighted by molar-refractivity contribution is 4.64. The smallest absolute Gasteiger partial charge is 0.284 e. The standard InChI is InChI=1S/C7H11N2O.2CH2N2/c1-3-6-10-9-5-4-8(2)7-9;2*2-1-3/h3-5,7H,1,6H2,2H3;2*2H2/q+1;;. The summed E-state index contributed by atoms with van der Waals surface area (Å²) in [6.45, 7) is 4.07. The number of hydrogen-bond donors (Lipinski definition) is 2. The molecule has 0 bridgehead atoms. The molecule has 4 N–H and O–H groups in total. The van der Waals surface area contributed by atoms with E-state index in [4.69, 9.17) is 15.4 Å². The molecule has 0 aliphatic carbocycles. The van der Waals surface area contributed by atoms with Gasteiger partial charge in [-0.15, -0.1) is 0 Å². The van der Waals surface area contributed by atoms with E-state index >= 15 is 0 Å². The van der Waals surface area contributed by atoms with Crippen LogP contribution in [0.4, 0.5) is 0 Å². The highest BCUT2D eigenvalue weighted by Gasteiger charge is 1.96. The van der Waals surface area contributed by atoms with Gasteiger partial charge in [0, 0.05) is 0 Å². The Morgan fingerprint density at radius 1 is 1.50 bits per heavy atom. The zero-order valence-corrected chi connectivity index (χ0v) is 9.08. The Kier molecular flexibility index (Phi) is 12.2.